The number of benzene rings is 1. The Labute approximate surface area is 115 Å². The normalized spacial score (nSPS) is 10.6. The number of halogens is 4. The van der Waals surface area contributed by atoms with Crippen LogP contribution in [0.5, 0.6) is 5.75 Å². The Bertz CT molecular complexity index is 397. The molecule has 2 nitrogen and oxygen atoms in total. The van der Waals surface area contributed by atoms with Gasteiger partial charge in [0, 0.05) is 17.3 Å². The highest BCUT2D eigenvalue weighted by molar-refractivity contribution is 9.09. The standard InChI is InChI=1S/C11H10Br2F2O2/c12-5-8-3-7(4-9(16)6-13)1-2-10(8)17-11(14)15/h1-3,11H,4-6H2. The van der Waals surface area contributed by atoms with Gasteiger partial charge in [-0.25, -0.2) is 0 Å². The van der Waals surface area contributed by atoms with Gasteiger partial charge in [0.2, 0.25) is 0 Å². The summed E-state index contributed by atoms with van der Waals surface area (Å²) >= 11 is 6.27. The average molecular weight is 372 g/mol. The van der Waals surface area contributed by atoms with Gasteiger partial charge < -0.3 is 4.74 Å². The second-order valence-electron chi connectivity index (χ2n) is 3.30. The molecular weight excluding hydrogens is 362 g/mol. The lowest BCUT2D eigenvalue weighted by molar-refractivity contribution is -0.115. The number of carbonyl (C=O) groups is 1. The molecule has 1 rings (SSSR count). The number of Topliss-reactive ketones (excluding diaryl/α,β-unsaturated/α-hetero) is 1. The molecule has 0 aliphatic heterocycles. The molecule has 0 N–H and O–H groups in total. The van der Waals surface area contributed by atoms with Gasteiger partial charge in [-0.3, -0.25) is 4.79 Å². The average Bonchev–Trinajstić information content (AvgIpc) is 2.30. The first-order valence-corrected chi connectivity index (χ1v) is 7.01. The van der Waals surface area contributed by atoms with E-state index < -0.39 is 6.61 Å². The number of carbonyl (C=O) groups excluding carboxylic acids is 1. The zero-order chi connectivity index (χ0) is 12.8. The van der Waals surface area contributed by atoms with E-state index in [9.17, 15) is 13.6 Å². The summed E-state index contributed by atoms with van der Waals surface area (Å²) in [6, 6.07) is 4.76. The van der Waals surface area contributed by atoms with E-state index in [1.807, 2.05) is 0 Å². The fourth-order valence-corrected chi connectivity index (χ4v) is 1.97. The summed E-state index contributed by atoms with van der Waals surface area (Å²) in [6.07, 6.45) is 0.278. The molecule has 0 saturated heterocycles. The van der Waals surface area contributed by atoms with Gasteiger partial charge in [0.25, 0.3) is 0 Å². The predicted molar refractivity (Wildman–Crippen MR) is 68.2 cm³/mol. The molecule has 0 aliphatic carbocycles. The van der Waals surface area contributed by atoms with Crippen molar-refractivity contribution in [3.63, 3.8) is 0 Å². The van der Waals surface area contributed by atoms with Crippen molar-refractivity contribution in [2.75, 3.05) is 5.33 Å². The minimum Gasteiger partial charge on any atom is -0.435 e. The molecule has 1 aromatic carbocycles. The molecule has 0 bridgehead atoms. The van der Waals surface area contributed by atoms with Crippen molar-refractivity contribution in [3.05, 3.63) is 29.3 Å². The largest absolute Gasteiger partial charge is 0.435 e. The van der Waals surface area contributed by atoms with Crippen LogP contribution in [0.2, 0.25) is 0 Å². The molecule has 1 aromatic rings. The van der Waals surface area contributed by atoms with Crippen molar-refractivity contribution in [3.8, 4) is 5.75 Å². The minimum atomic E-state index is -2.84. The second-order valence-corrected chi connectivity index (χ2v) is 4.42. The lowest BCUT2D eigenvalue weighted by Gasteiger charge is -2.10. The van der Waals surface area contributed by atoms with Gasteiger partial charge in [0.15, 0.2) is 0 Å². The highest BCUT2D eigenvalue weighted by Crippen LogP contribution is 2.24. The summed E-state index contributed by atoms with van der Waals surface area (Å²) in [4.78, 5) is 11.2. The Morgan fingerprint density at radius 3 is 2.59 bits per heavy atom. The number of rotatable bonds is 6. The van der Waals surface area contributed by atoms with E-state index >= 15 is 0 Å². The highest BCUT2D eigenvalue weighted by Gasteiger charge is 2.11. The molecule has 0 heterocycles. The molecular formula is C11H10Br2F2O2. The number of hydrogen-bond donors (Lipinski definition) is 0. The summed E-state index contributed by atoms with van der Waals surface area (Å²) in [5.41, 5.74) is 1.38. The van der Waals surface area contributed by atoms with Crippen molar-refractivity contribution < 1.29 is 18.3 Å². The first kappa shape index (κ1) is 14.6. The van der Waals surface area contributed by atoms with Gasteiger partial charge in [-0.2, -0.15) is 8.78 Å². The Morgan fingerprint density at radius 1 is 1.35 bits per heavy atom. The molecule has 0 spiro atoms. The number of ketones is 1. The van der Waals surface area contributed by atoms with Crippen LogP contribution in [-0.4, -0.2) is 17.7 Å². The third-order valence-corrected chi connectivity index (χ3v) is 3.26. The van der Waals surface area contributed by atoms with Crippen molar-refractivity contribution >= 4 is 37.6 Å². The maximum atomic E-state index is 12.1. The third kappa shape index (κ3) is 4.71. The van der Waals surface area contributed by atoms with Gasteiger partial charge in [-0.1, -0.05) is 44.0 Å². The van der Waals surface area contributed by atoms with Gasteiger partial charge in [0.1, 0.15) is 11.5 Å². The SMILES string of the molecule is O=C(CBr)Cc1ccc(OC(F)F)c(CBr)c1. The second kappa shape index (κ2) is 7.06. The van der Waals surface area contributed by atoms with Crippen LogP contribution in [0.4, 0.5) is 8.78 Å². The summed E-state index contributed by atoms with van der Waals surface area (Å²) in [5, 5.41) is 0.678. The van der Waals surface area contributed by atoms with Crippen molar-refractivity contribution in [2.24, 2.45) is 0 Å². The molecule has 0 atom stereocenters. The van der Waals surface area contributed by atoms with E-state index in [2.05, 4.69) is 36.6 Å². The molecule has 0 radical (unpaired) electrons. The zero-order valence-corrected chi connectivity index (χ0v) is 11.9. The maximum absolute atomic E-state index is 12.1. The predicted octanol–water partition coefficient (Wildman–Crippen LogP) is 3.69. The number of hydrogen-bond acceptors (Lipinski definition) is 2. The molecule has 0 fully saturated rings. The van der Waals surface area contributed by atoms with Crippen LogP contribution in [0.25, 0.3) is 0 Å². The highest BCUT2D eigenvalue weighted by atomic mass is 79.9. The van der Waals surface area contributed by atoms with Crippen molar-refractivity contribution in [2.45, 2.75) is 18.4 Å². The topological polar surface area (TPSA) is 26.3 Å². The lowest BCUT2D eigenvalue weighted by atomic mass is 10.1. The Morgan fingerprint density at radius 2 is 2.06 bits per heavy atom. The number of ether oxygens (including phenoxy) is 1. The van der Waals surface area contributed by atoms with E-state index in [1.54, 1.807) is 12.1 Å². The Balaban J connectivity index is 2.88. The van der Waals surface area contributed by atoms with Crippen LogP contribution in [0.3, 0.4) is 0 Å². The van der Waals surface area contributed by atoms with Crippen LogP contribution >= 0.6 is 31.9 Å². The zero-order valence-electron chi connectivity index (χ0n) is 8.76. The molecule has 0 aliphatic rings. The van der Waals surface area contributed by atoms with Crippen LogP contribution < -0.4 is 4.74 Å². The van der Waals surface area contributed by atoms with E-state index in [4.69, 9.17) is 0 Å². The molecule has 94 valence electrons. The Hall–Kier alpha value is -0.490. The molecule has 17 heavy (non-hydrogen) atoms. The summed E-state index contributed by atoms with van der Waals surface area (Å²) < 4.78 is 28.6. The lowest BCUT2D eigenvalue weighted by Crippen LogP contribution is -2.06. The molecule has 0 amide bonds. The maximum Gasteiger partial charge on any atom is 0.387 e. The summed E-state index contributed by atoms with van der Waals surface area (Å²) in [5.74, 6) is 0.167. The van der Waals surface area contributed by atoms with E-state index in [1.165, 1.54) is 6.07 Å². The van der Waals surface area contributed by atoms with E-state index in [0.29, 0.717) is 10.9 Å². The van der Waals surface area contributed by atoms with Crippen LogP contribution in [0.1, 0.15) is 11.1 Å². The molecule has 6 heteroatoms. The monoisotopic (exact) mass is 370 g/mol. The minimum absolute atomic E-state index is 0.0352. The van der Waals surface area contributed by atoms with E-state index in [-0.39, 0.29) is 23.3 Å². The van der Waals surface area contributed by atoms with Crippen molar-refractivity contribution in [1.29, 1.82) is 0 Å². The molecule has 0 aromatic heterocycles. The van der Waals surface area contributed by atoms with E-state index in [0.717, 1.165) is 5.56 Å². The van der Waals surface area contributed by atoms with Gasteiger partial charge >= 0.3 is 6.61 Å². The van der Waals surface area contributed by atoms with Gasteiger partial charge in [-0.15, -0.1) is 0 Å². The Kier molecular flexibility index (Phi) is 6.05. The first-order chi connectivity index (χ1) is 8.06. The van der Waals surface area contributed by atoms with Crippen LogP contribution in [-0.2, 0) is 16.5 Å². The van der Waals surface area contributed by atoms with Crippen molar-refractivity contribution in [1.82, 2.24) is 0 Å². The van der Waals surface area contributed by atoms with Crippen LogP contribution in [0.15, 0.2) is 18.2 Å². The van der Waals surface area contributed by atoms with Gasteiger partial charge in [-0.05, 0) is 11.6 Å². The third-order valence-electron chi connectivity index (χ3n) is 2.04. The summed E-state index contributed by atoms with van der Waals surface area (Å²) in [7, 11) is 0. The van der Waals surface area contributed by atoms with Gasteiger partial charge in [0.05, 0.1) is 5.33 Å². The fraction of sp³-hybridized carbons (Fsp3) is 0.364. The number of alkyl halides is 4. The summed E-state index contributed by atoms with van der Waals surface area (Å²) in [6.45, 7) is -2.84. The van der Waals surface area contributed by atoms with Crippen LogP contribution in [0, 0.1) is 0 Å². The molecule has 0 saturated carbocycles. The fourth-order valence-electron chi connectivity index (χ4n) is 1.33. The smallest absolute Gasteiger partial charge is 0.387 e. The first-order valence-electron chi connectivity index (χ1n) is 4.77. The molecule has 0 unspecified atom stereocenters. The quantitative estimate of drug-likeness (QED) is 0.713.